The molecule has 5 heteroatoms. The number of methoxy groups -OCH3 is 2. The summed E-state index contributed by atoms with van der Waals surface area (Å²) in [6, 6.07) is 3.25. The van der Waals surface area contributed by atoms with E-state index in [9.17, 15) is 4.79 Å². The molecule has 1 amide bonds. The fourth-order valence-electron chi connectivity index (χ4n) is 2.08. The molecule has 1 aromatic rings. The Labute approximate surface area is 112 Å². The lowest BCUT2D eigenvalue weighted by Crippen LogP contribution is -2.34. The minimum absolute atomic E-state index is 0.0807. The van der Waals surface area contributed by atoms with E-state index in [2.05, 4.69) is 6.08 Å². The van der Waals surface area contributed by atoms with Crippen molar-refractivity contribution in [3.8, 4) is 11.5 Å². The molecule has 1 aromatic carbocycles. The van der Waals surface area contributed by atoms with Crippen molar-refractivity contribution < 1.29 is 14.3 Å². The number of carbonyl (C=O) groups excluding carboxylic acids is 1. The Morgan fingerprint density at radius 1 is 1.21 bits per heavy atom. The first-order valence-electron chi connectivity index (χ1n) is 6.13. The molecule has 1 heterocycles. The van der Waals surface area contributed by atoms with Crippen LogP contribution in [0.25, 0.3) is 0 Å². The van der Waals surface area contributed by atoms with E-state index in [0.29, 0.717) is 35.8 Å². The summed E-state index contributed by atoms with van der Waals surface area (Å²) >= 11 is 0. The van der Waals surface area contributed by atoms with Crippen LogP contribution in [-0.4, -0.2) is 38.1 Å². The zero-order chi connectivity index (χ0) is 13.8. The molecule has 1 aliphatic rings. The van der Waals surface area contributed by atoms with Gasteiger partial charge in [0, 0.05) is 24.8 Å². The molecule has 2 N–H and O–H groups in total. The summed E-state index contributed by atoms with van der Waals surface area (Å²) < 4.78 is 10.4. The predicted octanol–water partition coefficient (Wildman–Crippen LogP) is 1.69. The second-order valence-corrected chi connectivity index (χ2v) is 4.31. The van der Waals surface area contributed by atoms with Crippen LogP contribution in [0.1, 0.15) is 16.8 Å². The molecule has 1 aliphatic heterocycles. The molecule has 0 atom stereocenters. The van der Waals surface area contributed by atoms with Gasteiger partial charge in [0.1, 0.15) is 0 Å². The third kappa shape index (κ3) is 2.65. The van der Waals surface area contributed by atoms with E-state index < -0.39 is 0 Å². The van der Waals surface area contributed by atoms with Gasteiger partial charge in [-0.05, 0) is 12.5 Å². The number of carbonyl (C=O) groups is 1. The quantitative estimate of drug-likeness (QED) is 0.665. The maximum Gasteiger partial charge on any atom is 0.256 e. The normalized spacial score (nSPS) is 14.3. The summed E-state index contributed by atoms with van der Waals surface area (Å²) in [5.74, 6) is 0.950. The van der Waals surface area contributed by atoms with Crippen molar-refractivity contribution in [1.29, 1.82) is 0 Å². The highest BCUT2D eigenvalue weighted by atomic mass is 16.5. The number of nitrogens with zero attached hydrogens (tertiary/aromatic N) is 1. The zero-order valence-electron chi connectivity index (χ0n) is 11.2. The fourth-order valence-corrected chi connectivity index (χ4v) is 2.08. The van der Waals surface area contributed by atoms with E-state index in [4.69, 9.17) is 15.2 Å². The molecule has 19 heavy (non-hydrogen) atoms. The van der Waals surface area contributed by atoms with E-state index in [0.717, 1.165) is 6.42 Å². The average molecular weight is 262 g/mol. The minimum Gasteiger partial charge on any atom is -0.493 e. The van der Waals surface area contributed by atoms with Gasteiger partial charge in [0.25, 0.3) is 5.91 Å². The van der Waals surface area contributed by atoms with Crippen molar-refractivity contribution >= 4 is 11.6 Å². The fraction of sp³-hybridized carbons (Fsp3) is 0.357. The Kier molecular flexibility index (Phi) is 3.94. The lowest BCUT2D eigenvalue weighted by Gasteiger charge is -2.24. The van der Waals surface area contributed by atoms with Crippen molar-refractivity contribution in [2.45, 2.75) is 6.42 Å². The Morgan fingerprint density at radius 2 is 1.89 bits per heavy atom. The van der Waals surface area contributed by atoms with Crippen molar-refractivity contribution in [2.24, 2.45) is 0 Å². The summed E-state index contributed by atoms with van der Waals surface area (Å²) in [4.78, 5) is 14.2. The first-order valence-corrected chi connectivity index (χ1v) is 6.13. The molecule has 0 aromatic heterocycles. The largest absolute Gasteiger partial charge is 0.493 e. The predicted molar refractivity (Wildman–Crippen MR) is 73.6 cm³/mol. The van der Waals surface area contributed by atoms with Crippen LogP contribution in [0.3, 0.4) is 0 Å². The van der Waals surface area contributed by atoms with Gasteiger partial charge in [-0.2, -0.15) is 0 Å². The lowest BCUT2D eigenvalue weighted by atomic mass is 10.1. The lowest BCUT2D eigenvalue weighted by molar-refractivity contribution is 0.0771. The minimum atomic E-state index is -0.0807. The number of rotatable bonds is 3. The van der Waals surface area contributed by atoms with Crippen molar-refractivity contribution in [3.05, 3.63) is 29.8 Å². The van der Waals surface area contributed by atoms with Crippen molar-refractivity contribution in [2.75, 3.05) is 33.0 Å². The molecule has 0 bridgehead atoms. The number of amides is 1. The number of benzene rings is 1. The first-order chi connectivity index (χ1) is 9.17. The molecule has 0 fully saturated rings. The number of hydrogen-bond acceptors (Lipinski definition) is 4. The van der Waals surface area contributed by atoms with Crippen LogP contribution in [0.15, 0.2) is 24.3 Å². The Bertz CT molecular complexity index is 512. The van der Waals surface area contributed by atoms with E-state index in [1.165, 1.54) is 14.2 Å². The van der Waals surface area contributed by atoms with Gasteiger partial charge in [0.2, 0.25) is 0 Å². The van der Waals surface area contributed by atoms with Gasteiger partial charge in [-0.25, -0.2) is 0 Å². The molecule has 0 saturated carbocycles. The number of ether oxygens (including phenoxy) is 2. The van der Waals surface area contributed by atoms with Gasteiger partial charge in [-0.15, -0.1) is 0 Å². The van der Waals surface area contributed by atoms with E-state index >= 15 is 0 Å². The molecule has 0 saturated heterocycles. The summed E-state index contributed by atoms with van der Waals surface area (Å²) in [6.45, 7) is 1.33. The number of anilines is 1. The Balaban J connectivity index is 2.33. The highest BCUT2D eigenvalue weighted by Gasteiger charge is 2.20. The van der Waals surface area contributed by atoms with Gasteiger partial charge in [0.05, 0.1) is 19.8 Å². The Hall–Kier alpha value is -2.17. The monoisotopic (exact) mass is 262 g/mol. The molecule has 0 unspecified atom stereocenters. The van der Waals surface area contributed by atoms with Gasteiger partial charge < -0.3 is 20.1 Å². The highest BCUT2D eigenvalue weighted by molar-refractivity contribution is 6.00. The average Bonchev–Trinajstić information content (AvgIpc) is 2.47. The number of nitrogen functional groups attached to an aromatic ring is 1. The third-order valence-electron chi connectivity index (χ3n) is 3.13. The number of nitrogens with two attached hydrogens (primary N) is 1. The van der Waals surface area contributed by atoms with Gasteiger partial charge in [-0.3, -0.25) is 4.79 Å². The van der Waals surface area contributed by atoms with Crippen LogP contribution in [-0.2, 0) is 0 Å². The SMILES string of the molecule is COc1cc(N)c(C(=O)N2CC=CCC2)cc1OC. The molecular formula is C14H18N2O3. The Morgan fingerprint density at radius 3 is 2.47 bits per heavy atom. The molecule has 0 aliphatic carbocycles. The van der Waals surface area contributed by atoms with Gasteiger partial charge >= 0.3 is 0 Å². The van der Waals surface area contributed by atoms with E-state index in [-0.39, 0.29) is 5.91 Å². The second kappa shape index (κ2) is 5.65. The van der Waals surface area contributed by atoms with Crippen molar-refractivity contribution in [1.82, 2.24) is 4.90 Å². The molecule has 102 valence electrons. The van der Waals surface area contributed by atoms with Crippen molar-refractivity contribution in [3.63, 3.8) is 0 Å². The van der Waals surface area contributed by atoms with E-state index in [1.54, 1.807) is 17.0 Å². The summed E-state index contributed by atoms with van der Waals surface area (Å²) in [5, 5.41) is 0. The summed E-state index contributed by atoms with van der Waals surface area (Å²) in [7, 11) is 3.07. The van der Waals surface area contributed by atoms with Crippen LogP contribution in [0.2, 0.25) is 0 Å². The van der Waals surface area contributed by atoms with Gasteiger partial charge in [0.15, 0.2) is 11.5 Å². The van der Waals surface area contributed by atoms with Crippen LogP contribution < -0.4 is 15.2 Å². The van der Waals surface area contributed by atoms with Crippen LogP contribution in [0, 0.1) is 0 Å². The number of hydrogen-bond donors (Lipinski definition) is 1. The maximum atomic E-state index is 12.4. The zero-order valence-corrected chi connectivity index (χ0v) is 11.2. The second-order valence-electron chi connectivity index (χ2n) is 4.31. The smallest absolute Gasteiger partial charge is 0.256 e. The van der Waals surface area contributed by atoms with Crippen LogP contribution in [0.4, 0.5) is 5.69 Å². The summed E-state index contributed by atoms with van der Waals surface area (Å²) in [6.07, 6.45) is 4.93. The molecule has 0 spiro atoms. The van der Waals surface area contributed by atoms with Gasteiger partial charge in [-0.1, -0.05) is 12.2 Å². The van der Waals surface area contributed by atoms with E-state index in [1.807, 2.05) is 6.08 Å². The molecular weight excluding hydrogens is 244 g/mol. The topological polar surface area (TPSA) is 64.8 Å². The molecule has 0 radical (unpaired) electrons. The molecule has 5 nitrogen and oxygen atoms in total. The highest BCUT2D eigenvalue weighted by Crippen LogP contribution is 2.32. The third-order valence-corrected chi connectivity index (χ3v) is 3.13. The first kappa shape index (κ1) is 13.3. The molecule has 2 rings (SSSR count). The van der Waals surface area contributed by atoms with Crippen LogP contribution >= 0.6 is 0 Å². The summed E-state index contributed by atoms with van der Waals surface area (Å²) in [5.41, 5.74) is 6.78. The standard InChI is InChI=1S/C14H18N2O3/c1-18-12-8-10(11(15)9-13(12)19-2)14(17)16-6-4-3-5-7-16/h3-4,8-9H,5-7,15H2,1-2H3. The maximum absolute atomic E-state index is 12.4. The van der Waals surface area contributed by atoms with Crippen LogP contribution in [0.5, 0.6) is 11.5 Å².